The van der Waals surface area contributed by atoms with Crippen LogP contribution < -0.4 is 4.72 Å². The molecule has 10 heteroatoms. The zero-order valence-electron chi connectivity index (χ0n) is 17.6. The molecular weight excluding hydrogens is 447 g/mol. The van der Waals surface area contributed by atoms with E-state index in [-0.39, 0.29) is 27.4 Å². The summed E-state index contributed by atoms with van der Waals surface area (Å²) in [5.74, 6) is -1.75. The molecule has 0 aliphatic rings. The average molecular weight is 466 g/mol. The summed E-state index contributed by atoms with van der Waals surface area (Å²) in [5, 5.41) is 17.6. The highest BCUT2D eigenvalue weighted by molar-refractivity contribution is 7.92. The number of H-pyrrole nitrogens is 1. The number of sulfonamides is 1. The lowest BCUT2D eigenvalue weighted by molar-refractivity contribution is 0.0995. The summed E-state index contributed by atoms with van der Waals surface area (Å²) in [6.07, 6.45) is 0. The molecule has 0 spiro atoms. The van der Waals surface area contributed by atoms with Gasteiger partial charge in [0.15, 0.2) is 5.69 Å². The number of rotatable bonds is 5. The van der Waals surface area contributed by atoms with Gasteiger partial charge < -0.3 is 10.1 Å². The summed E-state index contributed by atoms with van der Waals surface area (Å²) in [6, 6.07) is 14.4. The second kappa shape index (κ2) is 8.47. The number of amides is 1. The number of hydrogen-bond acceptors (Lipinski definition) is 5. The molecule has 3 N–H and O–H groups in total. The van der Waals surface area contributed by atoms with E-state index in [9.17, 15) is 22.7 Å². The summed E-state index contributed by atoms with van der Waals surface area (Å²) >= 11 is 0. The third kappa shape index (κ3) is 4.60. The largest absolute Gasteiger partial charge is 0.493 e. The molecule has 4 aromatic rings. The molecule has 0 aliphatic heterocycles. The molecule has 1 amide bonds. The minimum Gasteiger partial charge on any atom is -0.493 e. The van der Waals surface area contributed by atoms with Gasteiger partial charge in [-0.1, -0.05) is 23.8 Å². The lowest BCUT2D eigenvalue weighted by Gasteiger charge is -2.11. The van der Waals surface area contributed by atoms with Gasteiger partial charge in [-0.2, -0.15) is 0 Å². The standard InChI is InChI=1S/C23H19FN4O4S/c1-13-6-8-19(14(2)10-13)28-33(31,32)17-5-3-4-15(11-17)22(29)27-26-21-18-12-16(24)7-9-20(18)25-23(21)30/h3-12,25,28,30H,1-2H3. The summed E-state index contributed by atoms with van der Waals surface area (Å²) in [6.45, 7) is 3.69. The Hall–Kier alpha value is -4.05. The van der Waals surface area contributed by atoms with E-state index in [2.05, 4.69) is 19.9 Å². The van der Waals surface area contributed by atoms with Crippen LogP contribution in [-0.2, 0) is 10.0 Å². The second-order valence-corrected chi connectivity index (χ2v) is 9.15. The van der Waals surface area contributed by atoms with E-state index in [4.69, 9.17) is 0 Å². The maximum Gasteiger partial charge on any atom is 0.295 e. The van der Waals surface area contributed by atoms with Crippen LogP contribution in [0.5, 0.6) is 5.88 Å². The van der Waals surface area contributed by atoms with Crippen molar-refractivity contribution in [3.05, 3.63) is 83.2 Å². The van der Waals surface area contributed by atoms with Crippen LogP contribution in [-0.4, -0.2) is 24.4 Å². The number of aromatic hydroxyl groups is 1. The molecule has 33 heavy (non-hydrogen) atoms. The highest BCUT2D eigenvalue weighted by Crippen LogP contribution is 2.36. The zero-order chi connectivity index (χ0) is 23.8. The minimum absolute atomic E-state index is 0.0206. The van der Waals surface area contributed by atoms with Gasteiger partial charge in [-0.15, -0.1) is 10.2 Å². The maximum atomic E-state index is 13.5. The van der Waals surface area contributed by atoms with Crippen LogP contribution >= 0.6 is 0 Å². The SMILES string of the molecule is Cc1ccc(NS(=O)(=O)c2cccc(C(=O)N=Nc3c(O)[nH]c4ccc(F)cc34)c2)c(C)c1. The molecule has 168 valence electrons. The first-order chi connectivity index (χ1) is 15.6. The third-order valence-corrected chi connectivity index (χ3v) is 6.34. The zero-order valence-corrected chi connectivity index (χ0v) is 18.4. The van der Waals surface area contributed by atoms with Crippen LogP contribution in [0.25, 0.3) is 10.9 Å². The van der Waals surface area contributed by atoms with Gasteiger partial charge in [0.2, 0.25) is 5.88 Å². The number of anilines is 1. The highest BCUT2D eigenvalue weighted by atomic mass is 32.2. The monoisotopic (exact) mass is 466 g/mol. The Morgan fingerprint density at radius 2 is 1.85 bits per heavy atom. The molecule has 3 aromatic carbocycles. The normalized spacial score (nSPS) is 11.8. The molecule has 0 fully saturated rings. The van der Waals surface area contributed by atoms with Gasteiger partial charge in [-0.05, 0) is 61.9 Å². The topological polar surface area (TPSA) is 124 Å². The fourth-order valence-corrected chi connectivity index (χ4v) is 4.49. The Morgan fingerprint density at radius 3 is 2.61 bits per heavy atom. The van der Waals surface area contributed by atoms with Crippen LogP contribution in [0, 0.1) is 19.7 Å². The number of carbonyl (C=O) groups excluding carboxylic acids is 1. The van der Waals surface area contributed by atoms with E-state index in [0.717, 1.165) is 17.2 Å². The number of halogens is 1. The van der Waals surface area contributed by atoms with E-state index in [0.29, 0.717) is 11.2 Å². The first kappa shape index (κ1) is 22.2. The predicted molar refractivity (Wildman–Crippen MR) is 122 cm³/mol. The Bertz CT molecular complexity index is 1530. The molecule has 1 aromatic heterocycles. The van der Waals surface area contributed by atoms with Crippen molar-refractivity contribution in [3.8, 4) is 5.88 Å². The van der Waals surface area contributed by atoms with Gasteiger partial charge in [0.05, 0.1) is 16.1 Å². The molecule has 0 atom stereocenters. The lowest BCUT2D eigenvalue weighted by atomic mass is 10.1. The molecule has 1 heterocycles. The molecule has 0 saturated heterocycles. The van der Waals surface area contributed by atoms with Gasteiger partial charge in [-0.25, -0.2) is 12.8 Å². The highest BCUT2D eigenvalue weighted by Gasteiger charge is 2.18. The number of benzene rings is 3. The van der Waals surface area contributed by atoms with Crippen LogP contribution in [0.15, 0.2) is 75.8 Å². The van der Waals surface area contributed by atoms with Crippen molar-refractivity contribution < 1.29 is 22.7 Å². The van der Waals surface area contributed by atoms with Crippen LogP contribution in [0.2, 0.25) is 0 Å². The first-order valence-electron chi connectivity index (χ1n) is 9.80. The average Bonchev–Trinajstić information content (AvgIpc) is 3.08. The molecule has 0 aliphatic carbocycles. The Morgan fingerprint density at radius 1 is 1.06 bits per heavy atom. The number of azo groups is 1. The number of aromatic nitrogens is 1. The summed E-state index contributed by atoms with van der Waals surface area (Å²) in [7, 11) is -3.96. The maximum absolute atomic E-state index is 13.5. The quantitative estimate of drug-likeness (QED) is 0.343. The van der Waals surface area contributed by atoms with Crippen molar-refractivity contribution in [2.75, 3.05) is 4.72 Å². The summed E-state index contributed by atoms with van der Waals surface area (Å²) in [4.78, 5) is 15.0. The molecule has 0 radical (unpaired) electrons. The third-order valence-electron chi connectivity index (χ3n) is 4.97. The number of aryl methyl sites for hydroxylation is 2. The van der Waals surface area contributed by atoms with E-state index in [1.807, 2.05) is 13.0 Å². The van der Waals surface area contributed by atoms with E-state index < -0.39 is 21.7 Å². The van der Waals surface area contributed by atoms with Gasteiger partial charge >= 0.3 is 0 Å². The number of nitrogens with zero attached hydrogens (tertiary/aromatic N) is 2. The van der Waals surface area contributed by atoms with Gasteiger partial charge in [0.1, 0.15) is 5.82 Å². The smallest absolute Gasteiger partial charge is 0.295 e. The van der Waals surface area contributed by atoms with Crippen molar-refractivity contribution in [3.63, 3.8) is 0 Å². The number of aromatic amines is 1. The van der Waals surface area contributed by atoms with Gasteiger partial charge in [0.25, 0.3) is 15.9 Å². The van der Waals surface area contributed by atoms with Crippen LogP contribution in [0.1, 0.15) is 21.5 Å². The Balaban J connectivity index is 1.60. The number of hydrogen-bond donors (Lipinski definition) is 3. The molecule has 0 bridgehead atoms. The number of carbonyl (C=O) groups is 1. The van der Waals surface area contributed by atoms with Crippen molar-refractivity contribution in [2.24, 2.45) is 10.2 Å². The molecular formula is C23H19FN4O4S. The fourth-order valence-electron chi connectivity index (χ4n) is 3.32. The number of nitrogens with one attached hydrogen (secondary N) is 2. The van der Waals surface area contributed by atoms with Gasteiger partial charge in [-0.3, -0.25) is 9.52 Å². The summed E-state index contributed by atoms with van der Waals surface area (Å²) < 4.78 is 41.7. The van der Waals surface area contributed by atoms with Crippen molar-refractivity contribution >= 4 is 38.2 Å². The molecule has 0 unspecified atom stereocenters. The second-order valence-electron chi connectivity index (χ2n) is 7.47. The number of fused-ring (bicyclic) bond motifs is 1. The van der Waals surface area contributed by atoms with Crippen molar-refractivity contribution in [1.82, 2.24) is 4.98 Å². The van der Waals surface area contributed by atoms with Crippen molar-refractivity contribution in [2.45, 2.75) is 18.7 Å². The Labute approximate surface area is 188 Å². The summed E-state index contributed by atoms with van der Waals surface area (Å²) in [5.41, 5.74) is 2.48. The molecule has 8 nitrogen and oxygen atoms in total. The van der Waals surface area contributed by atoms with E-state index in [1.54, 1.807) is 19.1 Å². The lowest BCUT2D eigenvalue weighted by Crippen LogP contribution is -2.14. The van der Waals surface area contributed by atoms with Crippen LogP contribution in [0.3, 0.4) is 0 Å². The Kier molecular flexibility index (Phi) is 5.69. The van der Waals surface area contributed by atoms with E-state index >= 15 is 0 Å². The minimum atomic E-state index is -3.96. The van der Waals surface area contributed by atoms with Crippen molar-refractivity contribution in [1.29, 1.82) is 0 Å². The van der Waals surface area contributed by atoms with Gasteiger partial charge in [0, 0.05) is 10.9 Å². The first-order valence-corrected chi connectivity index (χ1v) is 11.3. The fraction of sp³-hybridized carbons (Fsp3) is 0.0870. The molecule has 0 saturated carbocycles. The van der Waals surface area contributed by atoms with Crippen LogP contribution in [0.4, 0.5) is 15.8 Å². The predicted octanol–water partition coefficient (Wildman–Crippen LogP) is 5.35. The van der Waals surface area contributed by atoms with E-state index in [1.165, 1.54) is 36.4 Å². The molecule has 4 rings (SSSR count).